The smallest absolute Gasteiger partial charge is 0.199 e. The summed E-state index contributed by atoms with van der Waals surface area (Å²) in [6.45, 7) is 4.18. The summed E-state index contributed by atoms with van der Waals surface area (Å²) >= 11 is 6.89. The summed E-state index contributed by atoms with van der Waals surface area (Å²) in [5.74, 6) is 0.885. The van der Waals surface area contributed by atoms with Gasteiger partial charge in [0.1, 0.15) is 11.4 Å². The van der Waals surface area contributed by atoms with Gasteiger partial charge in [0.05, 0.1) is 5.69 Å². The Morgan fingerprint density at radius 1 is 1.43 bits per heavy atom. The second kappa shape index (κ2) is 6.23. The highest BCUT2D eigenvalue weighted by Crippen LogP contribution is 2.40. The van der Waals surface area contributed by atoms with E-state index in [9.17, 15) is 0 Å². The Morgan fingerprint density at radius 2 is 2.14 bits per heavy atom. The molecule has 0 spiro atoms. The zero-order valence-electron chi connectivity index (χ0n) is 13.1. The van der Waals surface area contributed by atoms with Crippen LogP contribution in [0.1, 0.15) is 19.4 Å². The Kier molecular flexibility index (Phi) is 4.78. The Balaban J connectivity index is 2.19. The predicted octanol–water partition coefficient (Wildman–Crippen LogP) is 3.38. The SMILES string of the molecule is CS/C(=N\C(=S)Nc1cccc2c1OC(C)(C)C2)N(C)C. The molecule has 0 fully saturated rings. The summed E-state index contributed by atoms with van der Waals surface area (Å²) in [5, 5.41) is 4.48. The van der Waals surface area contributed by atoms with Crippen molar-refractivity contribution in [2.45, 2.75) is 25.9 Å². The monoisotopic (exact) mass is 323 g/mol. The molecule has 0 aromatic heterocycles. The molecule has 1 aliphatic rings. The zero-order valence-corrected chi connectivity index (χ0v) is 14.7. The van der Waals surface area contributed by atoms with Crippen molar-refractivity contribution in [2.75, 3.05) is 25.7 Å². The van der Waals surface area contributed by atoms with Gasteiger partial charge in [-0.1, -0.05) is 23.9 Å². The minimum Gasteiger partial charge on any atom is -0.485 e. The summed E-state index contributed by atoms with van der Waals surface area (Å²) in [7, 11) is 3.90. The lowest BCUT2D eigenvalue weighted by Gasteiger charge is -2.18. The van der Waals surface area contributed by atoms with Crippen LogP contribution in [0.2, 0.25) is 0 Å². The molecule has 1 aromatic rings. The molecule has 1 aliphatic heterocycles. The van der Waals surface area contributed by atoms with E-state index in [1.807, 2.05) is 37.4 Å². The quantitative estimate of drug-likeness (QED) is 0.487. The van der Waals surface area contributed by atoms with Crippen molar-refractivity contribution in [3.63, 3.8) is 0 Å². The van der Waals surface area contributed by atoms with E-state index in [0.29, 0.717) is 5.11 Å². The number of para-hydroxylation sites is 1. The molecule has 1 N–H and O–H groups in total. The molecule has 0 atom stereocenters. The van der Waals surface area contributed by atoms with E-state index in [4.69, 9.17) is 17.0 Å². The fourth-order valence-corrected chi connectivity index (χ4v) is 3.07. The summed E-state index contributed by atoms with van der Waals surface area (Å²) < 4.78 is 6.02. The highest BCUT2D eigenvalue weighted by Gasteiger charge is 2.31. The standard InChI is InChI=1S/C15H21N3OS2/c1-15(2)9-10-7-6-8-11(12(10)19-15)16-13(20)17-14(21-5)18(3)4/h6-8H,9H2,1-5H3,(H,16,20)/b17-14-. The number of nitrogens with zero attached hydrogens (tertiary/aromatic N) is 2. The Morgan fingerprint density at radius 3 is 2.76 bits per heavy atom. The molecule has 0 saturated carbocycles. The Hall–Kier alpha value is -1.27. The lowest BCUT2D eigenvalue weighted by Crippen LogP contribution is -2.25. The average Bonchev–Trinajstić information content (AvgIpc) is 2.70. The number of ether oxygens (including phenoxy) is 1. The number of aliphatic imine (C=N–C) groups is 1. The van der Waals surface area contributed by atoms with Crippen LogP contribution in [-0.2, 0) is 6.42 Å². The molecule has 0 aliphatic carbocycles. The summed E-state index contributed by atoms with van der Waals surface area (Å²) in [5.41, 5.74) is 1.92. The number of rotatable bonds is 1. The number of nitrogens with one attached hydrogen (secondary N) is 1. The summed E-state index contributed by atoms with van der Waals surface area (Å²) in [6, 6.07) is 6.07. The number of benzene rings is 1. The number of thioether (sulfide) groups is 1. The van der Waals surface area contributed by atoms with E-state index in [1.165, 1.54) is 5.56 Å². The van der Waals surface area contributed by atoms with Crippen LogP contribution in [-0.4, -0.2) is 41.1 Å². The van der Waals surface area contributed by atoms with E-state index in [2.05, 4.69) is 30.2 Å². The van der Waals surface area contributed by atoms with Crippen LogP contribution in [0.4, 0.5) is 5.69 Å². The lowest BCUT2D eigenvalue weighted by molar-refractivity contribution is 0.139. The van der Waals surface area contributed by atoms with Gasteiger partial charge in [0.15, 0.2) is 10.3 Å². The third-order valence-electron chi connectivity index (χ3n) is 3.10. The molecular weight excluding hydrogens is 302 g/mol. The van der Waals surface area contributed by atoms with Crippen LogP contribution in [0.15, 0.2) is 23.2 Å². The van der Waals surface area contributed by atoms with Crippen molar-refractivity contribution in [1.29, 1.82) is 0 Å². The summed E-state index contributed by atoms with van der Waals surface area (Å²) in [6.07, 6.45) is 2.88. The van der Waals surface area contributed by atoms with Gasteiger partial charge in [0.25, 0.3) is 0 Å². The molecule has 0 unspecified atom stereocenters. The molecule has 114 valence electrons. The van der Waals surface area contributed by atoms with Crippen LogP contribution in [0.5, 0.6) is 5.75 Å². The first-order valence-corrected chi connectivity index (χ1v) is 8.37. The second-order valence-corrected chi connectivity index (χ2v) is 6.92. The van der Waals surface area contributed by atoms with Crippen molar-refractivity contribution in [3.8, 4) is 5.75 Å². The number of hydrogen-bond acceptors (Lipinski definition) is 3. The first kappa shape index (κ1) is 16.1. The van der Waals surface area contributed by atoms with E-state index in [-0.39, 0.29) is 5.60 Å². The van der Waals surface area contributed by atoms with Crippen LogP contribution in [0.3, 0.4) is 0 Å². The molecule has 2 rings (SSSR count). The fraction of sp³-hybridized carbons (Fsp3) is 0.467. The van der Waals surface area contributed by atoms with Gasteiger partial charge >= 0.3 is 0 Å². The normalized spacial score (nSPS) is 16.1. The number of amidine groups is 1. The van der Waals surface area contributed by atoms with E-state index >= 15 is 0 Å². The van der Waals surface area contributed by atoms with Gasteiger partial charge in [-0.2, -0.15) is 4.99 Å². The van der Waals surface area contributed by atoms with E-state index < -0.39 is 0 Å². The maximum atomic E-state index is 6.02. The molecule has 0 bridgehead atoms. The van der Waals surface area contributed by atoms with Gasteiger partial charge in [0, 0.05) is 26.1 Å². The number of thiocarbonyl (C=S) groups is 1. The van der Waals surface area contributed by atoms with Gasteiger partial charge in [-0.15, -0.1) is 0 Å². The van der Waals surface area contributed by atoms with Gasteiger partial charge in [0.2, 0.25) is 0 Å². The molecular formula is C15H21N3OS2. The second-order valence-electron chi connectivity index (χ2n) is 5.76. The largest absolute Gasteiger partial charge is 0.485 e. The molecule has 21 heavy (non-hydrogen) atoms. The van der Waals surface area contributed by atoms with Gasteiger partial charge in [-0.05, 0) is 38.4 Å². The minimum absolute atomic E-state index is 0.168. The minimum atomic E-state index is -0.168. The van der Waals surface area contributed by atoms with Gasteiger partial charge in [-0.3, -0.25) is 0 Å². The lowest BCUT2D eigenvalue weighted by atomic mass is 10.0. The van der Waals surface area contributed by atoms with Crippen LogP contribution in [0.25, 0.3) is 0 Å². The van der Waals surface area contributed by atoms with E-state index in [1.54, 1.807) is 11.8 Å². The predicted molar refractivity (Wildman–Crippen MR) is 95.7 cm³/mol. The third-order valence-corrected chi connectivity index (χ3v) is 4.11. The summed E-state index contributed by atoms with van der Waals surface area (Å²) in [4.78, 5) is 6.36. The highest BCUT2D eigenvalue weighted by molar-refractivity contribution is 8.13. The first-order chi connectivity index (χ1) is 9.82. The van der Waals surface area contributed by atoms with Crippen molar-refractivity contribution < 1.29 is 4.74 Å². The number of anilines is 1. The Bertz CT molecular complexity index is 582. The zero-order chi connectivity index (χ0) is 15.6. The van der Waals surface area contributed by atoms with Crippen molar-refractivity contribution in [3.05, 3.63) is 23.8 Å². The average molecular weight is 323 g/mol. The molecule has 1 aromatic carbocycles. The third kappa shape index (κ3) is 3.89. The topological polar surface area (TPSA) is 36.9 Å². The van der Waals surface area contributed by atoms with Crippen molar-refractivity contribution >= 4 is 39.9 Å². The molecule has 6 heteroatoms. The van der Waals surface area contributed by atoms with Crippen molar-refractivity contribution in [1.82, 2.24) is 4.90 Å². The highest BCUT2D eigenvalue weighted by atomic mass is 32.2. The first-order valence-electron chi connectivity index (χ1n) is 6.74. The molecule has 0 radical (unpaired) electrons. The molecule has 4 nitrogen and oxygen atoms in total. The van der Waals surface area contributed by atoms with E-state index in [0.717, 1.165) is 23.0 Å². The molecule has 1 heterocycles. The van der Waals surface area contributed by atoms with Gasteiger partial charge in [-0.25, -0.2) is 0 Å². The number of fused-ring (bicyclic) bond motifs is 1. The molecule has 0 saturated heterocycles. The van der Waals surface area contributed by atoms with Crippen LogP contribution >= 0.6 is 24.0 Å². The number of hydrogen-bond donors (Lipinski definition) is 1. The fourth-order valence-electron chi connectivity index (χ4n) is 2.27. The Labute approximate surface area is 136 Å². The van der Waals surface area contributed by atoms with Crippen LogP contribution < -0.4 is 10.1 Å². The molecule has 0 amide bonds. The maximum Gasteiger partial charge on any atom is 0.199 e. The van der Waals surface area contributed by atoms with Gasteiger partial charge < -0.3 is 15.0 Å². The maximum absolute atomic E-state index is 6.02. The van der Waals surface area contributed by atoms with Crippen LogP contribution in [0, 0.1) is 0 Å². The van der Waals surface area contributed by atoms with Crippen molar-refractivity contribution in [2.24, 2.45) is 4.99 Å².